The van der Waals surface area contributed by atoms with E-state index in [2.05, 4.69) is 5.92 Å². The van der Waals surface area contributed by atoms with Crippen LogP contribution in [0.4, 0.5) is 0 Å². The Bertz CT molecular complexity index is 365. The summed E-state index contributed by atoms with van der Waals surface area (Å²) in [4.78, 5) is 22.6. The van der Waals surface area contributed by atoms with E-state index in [1.165, 1.54) is 0 Å². The molecule has 0 aliphatic rings. The Hall–Kier alpha value is -2.01. The van der Waals surface area contributed by atoms with E-state index in [4.69, 9.17) is 21.2 Å². The lowest BCUT2D eigenvalue weighted by atomic mass is 10.0. The van der Waals surface area contributed by atoms with E-state index in [0.29, 0.717) is 25.7 Å². The molecule has 0 rings (SSSR count). The number of nitrogens with zero attached hydrogens (tertiary/aromatic N) is 1. The fraction of sp³-hybridized carbons (Fsp3) is 0.643. The van der Waals surface area contributed by atoms with Gasteiger partial charge in [-0.15, -0.1) is 6.42 Å². The molecule has 0 aromatic heterocycles. The first-order chi connectivity index (χ1) is 9.11. The number of nitriles is 1. The largest absolute Gasteiger partial charge is 0.465 e. The van der Waals surface area contributed by atoms with Gasteiger partial charge in [0.05, 0.1) is 18.6 Å². The van der Waals surface area contributed by atoms with Gasteiger partial charge in [-0.2, -0.15) is 5.26 Å². The maximum atomic E-state index is 11.5. The maximum Gasteiger partial charge on any atom is 0.308 e. The second-order valence-electron chi connectivity index (χ2n) is 4.09. The van der Waals surface area contributed by atoms with E-state index in [9.17, 15) is 9.59 Å². The van der Waals surface area contributed by atoms with Crippen molar-refractivity contribution in [1.82, 2.24) is 0 Å². The zero-order valence-electron chi connectivity index (χ0n) is 11.2. The van der Waals surface area contributed by atoms with Crippen LogP contribution in [0.3, 0.4) is 0 Å². The standard InChI is InChI=1S/C14H19NO4/c1-3-10-18-13(16)8-6-7-12(2)14(17)19-11-5-4-9-15/h1,12H,4-8,10-11H2,2H3. The van der Waals surface area contributed by atoms with Gasteiger partial charge in [0.1, 0.15) is 0 Å². The van der Waals surface area contributed by atoms with Crippen LogP contribution >= 0.6 is 0 Å². The Morgan fingerprint density at radius 1 is 1.32 bits per heavy atom. The summed E-state index contributed by atoms with van der Waals surface area (Å²) in [6.45, 7) is 2.00. The van der Waals surface area contributed by atoms with Crippen LogP contribution in [0.2, 0.25) is 0 Å². The molecule has 1 unspecified atom stereocenters. The molecule has 0 saturated heterocycles. The molecule has 0 aliphatic heterocycles. The zero-order chi connectivity index (χ0) is 14.5. The number of unbranched alkanes of at least 4 members (excludes halogenated alkanes) is 1. The van der Waals surface area contributed by atoms with E-state index in [1.807, 2.05) is 6.07 Å². The van der Waals surface area contributed by atoms with Gasteiger partial charge in [-0.3, -0.25) is 9.59 Å². The lowest BCUT2D eigenvalue weighted by Gasteiger charge is -2.10. The lowest BCUT2D eigenvalue weighted by Crippen LogP contribution is -2.16. The van der Waals surface area contributed by atoms with E-state index >= 15 is 0 Å². The molecule has 0 amide bonds. The number of ether oxygens (including phenoxy) is 2. The monoisotopic (exact) mass is 265 g/mol. The molecular formula is C14H19NO4. The van der Waals surface area contributed by atoms with Crippen molar-refractivity contribution in [3.63, 3.8) is 0 Å². The SMILES string of the molecule is C#CCOC(=O)CCCC(C)C(=O)OCCCC#N. The molecule has 0 fully saturated rings. The number of hydrogen-bond donors (Lipinski definition) is 0. The number of rotatable bonds is 9. The minimum atomic E-state index is -0.354. The van der Waals surface area contributed by atoms with Gasteiger partial charge in [-0.05, 0) is 19.3 Å². The third-order valence-corrected chi connectivity index (χ3v) is 2.41. The van der Waals surface area contributed by atoms with Gasteiger partial charge in [0, 0.05) is 12.8 Å². The predicted molar refractivity (Wildman–Crippen MR) is 68.6 cm³/mol. The third kappa shape index (κ3) is 9.67. The molecule has 0 aliphatic carbocycles. The van der Waals surface area contributed by atoms with Crippen molar-refractivity contribution >= 4 is 11.9 Å². The van der Waals surface area contributed by atoms with Crippen molar-refractivity contribution in [1.29, 1.82) is 5.26 Å². The van der Waals surface area contributed by atoms with E-state index in [0.717, 1.165) is 0 Å². The second-order valence-corrected chi connectivity index (χ2v) is 4.09. The third-order valence-electron chi connectivity index (χ3n) is 2.41. The lowest BCUT2D eigenvalue weighted by molar-refractivity contribution is -0.149. The Morgan fingerprint density at radius 3 is 2.68 bits per heavy atom. The van der Waals surface area contributed by atoms with Crippen LogP contribution in [0, 0.1) is 29.6 Å². The highest BCUT2D eigenvalue weighted by Crippen LogP contribution is 2.10. The maximum absolute atomic E-state index is 11.5. The van der Waals surface area contributed by atoms with Gasteiger partial charge in [0.2, 0.25) is 0 Å². The number of carbonyl (C=O) groups is 2. The van der Waals surface area contributed by atoms with Crippen LogP contribution in [0.1, 0.15) is 39.0 Å². The van der Waals surface area contributed by atoms with Crippen molar-refractivity contribution < 1.29 is 19.1 Å². The molecule has 5 nitrogen and oxygen atoms in total. The van der Waals surface area contributed by atoms with E-state index in [1.54, 1.807) is 6.92 Å². The summed E-state index contributed by atoms with van der Waals surface area (Å²) in [5, 5.41) is 8.32. The van der Waals surface area contributed by atoms with Gasteiger partial charge in [-0.25, -0.2) is 0 Å². The Labute approximate surface area is 113 Å². The van der Waals surface area contributed by atoms with Crippen LogP contribution in [0.25, 0.3) is 0 Å². The molecule has 0 aromatic rings. The molecule has 0 heterocycles. The van der Waals surface area contributed by atoms with E-state index in [-0.39, 0.29) is 37.5 Å². The van der Waals surface area contributed by atoms with Crippen molar-refractivity contribution in [3.05, 3.63) is 0 Å². The van der Waals surface area contributed by atoms with Crippen molar-refractivity contribution in [2.75, 3.05) is 13.2 Å². The van der Waals surface area contributed by atoms with Crippen LogP contribution in [0.5, 0.6) is 0 Å². The van der Waals surface area contributed by atoms with Crippen molar-refractivity contribution in [2.45, 2.75) is 39.0 Å². The quantitative estimate of drug-likeness (QED) is 0.361. The predicted octanol–water partition coefficient (Wildman–Crippen LogP) is 1.82. The highest BCUT2D eigenvalue weighted by molar-refractivity contribution is 5.72. The average Bonchev–Trinajstić information content (AvgIpc) is 2.40. The second kappa shape index (κ2) is 11.1. The van der Waals surface area contributed by atoms with Gasteiger partial charge in [-0.1, -0.05) is 12.8 Å². The van der Waals surface area contributed by atoms with Gasteiger partial charge in [0.25, 0.3) is 0 Å². The molecular weight excluding hydrogens is 246 g/mol. The molecule has 5 heteroatoms. The molecule has 0 radical (unpaired) electrons. The Kier molecular flexibility index (Phi) is 9.93. The fourth-order valence-corrected chi connectivity index (χ4v) is 1.33. The average molecular weight is 265 g/mol. The molecule has 0 bridgehead atoms. The minimum Gasteiger partial charge on any atom is -0.465 e. The molecule has 0 spiro atoms. The smallest absolute Gasteiger partial charge is 0.308 e. The van der Waals surface area contributed by atoms with Gasteiger partial charge < -0.3 is 9.47 Å². The minimum absolute atomic E-state index is 0.0185. The summed E-state index contributed by atoms with van der Waals surface area (Å²) in [6.07, 6.45) is 7.23. The first kappa shape index (κ1) is 17.0. The number of carbonyl (C=O) groups excluding carboxylic acids is 2. The summed E-state index contributed by atoms with van der Waals surface area (Å²) in [6, 6.07) is 1.98. The number of hydrogen-bond acceptors (Lipinski definition) is 5. The molecule has 104 valence electrons. The first-order valence-corrected chi connectivity index (χ1v) is 6.24. The van der Waals surface area contributed by atoms with Crippen molar-refractivity contribution in [2.24, 2.45) is 5.92 Å². The van der Waals surface area contributed by atoms with Crippen LogP contribution in [0.15, 0.2) is 0 Å². The van der Waals surface area contributed by atoms with E-state index < -0.39 is 0 Å². The van der Waals surface area contributed by atoms with Crippen LogP contribution in [-0.4, -0.2) is 25.2 Å². The fourth-order valence-electron chi connectivity index (χ4n) is 1.33. The Morgan fingerprint density at radius 2 is 2.05 bits per heavy atom. The summed E-state index contributed by atoms with van der Waals surface area (Å²) < 4.78 is 9.70. The summed E-state index contributed by atoms with van der Waals surface area (Å²) in [5.41, 5.74) is 0. The normalized spacial score (nSPS) is 10.9. The van der Waals surface area contributed by atoms with Gasteiger partial charge in [0.15, 0.2) is 6.61 Å². The topological polar surface area (TPSA) is 76.4 Å². The molecule has 0 saturated carbocycles. The highest BCUT2D eigenvalue weighted by atomic mass is 16.5. The molecule has 1 atom stereocenters. The molecule has 19 heavy (non-hydrogen) atoms. The van der Waals surface area contributed by atoms with Crippen molar-refractivity contribution in [3.8, 4) is 18.4 Å². The molecule has 0 N–H and O–H groups in total. The first-order valence-electron chi connectivity index (χ1n) is 6.24. The molecule has 0 aromatic carbocycles. The zero-order valence-corrected chi connectivity index (χ0v) is 11.2. The van der Waals surface area contributed by atoms with Gasteiger partial charge >= 0.3 is 11.9 Å². The summed E-state index contributed by atoms with van der Waals surface area (Å²) in [7, 11) is 0. The number of esters is 2. The number of terminal acetylenes is 1. The highest BCUT2D eigenvalue weighted by Gasteiger charge is 2.14. The van der Waals surface area contributed by atoms with Crippen LogP contribution in [-0.2, 0) is 19.1 Å². The van der Waals surface area contributed by atoms with Crippen LogP contribution < -0.4 is 0 Å². The summed E-state index contributed by atoms with van der Waals surface area (Å²) in [5.74, 6) is 1.30. The summed E-state index contributed by atoms with van der Waals surface area (Å²) >= 11 is 0. The Balaban J connectivity index is 3.65.